The van der Waals surface area contributed by atoms with Crippen molar-refractivity contribution < 1.29 is 33.1 Å². The summed E-state index contributed by atoms with van der Waals surface area (Å²) < 4.78 is 19.3. The summed E-state index contributed by atoms with van der Waals surface area (Å²) in [5.41, 5.74) is -0.626. The van der Waals surface area contributed by atoms with Gasteiger partial charge in [0, 0.05) is 18.7 Å². The van der Waals surface area contributed by atoms with Gasteiger partial charge in [0.25, 0.3) is 11.8 Å². The van der Waals surface area contributed by atoms with Gasteiger partial charge in [-0.1, -0.05) is 24.4 Å². The van der Waals surface area contributed by atoms with Gasteiger partial charge in [0.15, 0.2) is 5.12 Å². The molecule has 10 nitrogen and oxygen atoms in total. The van der Waals surface area contributed by atoms with Crippen LogP contribution in [0.15, 0.2) is 36.6 Å². The number of carbonyl (C=O) groups excluding carboxylic acids is 5. The first kappa shape index (κ1) is 26.7. The van der Waals surface area contributed by atoms with Crippen molar-refractivity contribution >= 4 is 40.6 Å². The van der Waals surface area contributed by atoms with E-state index in [-0.39, 0.29) is 35.2 Å². The van der Waals surface area contributed by atoms with Gasteiger partial charge in [0.1, 0.15) is 23.7 Å². The summed E-state index contributed by atoms with van der Waals surface area (Å²) in [5.74, 6) is -3.31. The predicted molar refractivity (Wildman–Crippen MR) is 122 cm³/mol. The predicted octanol–water partition coefficient (Wildman–Crippen LogP) is 1.13. The quantitative estimate of drug-likeness (QED) is 0.246. The van der Waals surface area contributed by atoms with Gasteiger partial charge in [-0.2, -0.15) is 0 Å². The van der Waals surface area contributed by atoms with Crippen LogP contribution in [0, 0.1) is 5.82 Å². The van der Waals surface area contributed by atoms with E-state index < -0.39 is 41.7 Å². The van der Waals surface area contributed by atoms with Crippen molar-refractivity contribution in [2.75, 3.05) is 5.75 Å². The van der Waals surface area contributed by atoms with Gasteiger partial charge in [0.2, 0.25) is 5.91 Å². The number of pyridine rings is 1. The van der Waals surface area contributed by atoms with Gasteiger partial charge in [-0.3, -0.25) is 19.2 Å². The molecule has 0 fully saturated rings. The molecule has 3 N–H and O–H groups in total. The van der Waals surface area contributed by atoms with E-state index in [9.17, 15) is 28.4 Å². The number of nitrogens with zero attached hydrogens (tertiary/aromatic N) is 1. The molecule has 182 valence electrons. The number of cyclic esters (lactones) is 1. The number of nitrogens with one attached hydrogen (secondary N) is 3. The number of hydrogen-bond donors (Lipinski definition) is 3. The third-order valence-electron chi connectivity index (χ3n) is 4.38. The Morgan fingerprint density at radius 3 is 2.74 bits per heavy atom. The van der Waals surface area contributed by atoms with Crippen molar-refractivity contribution in [3.8, 4) is 0 Å². The molecular formula is C22H25FN4O6S. The molecule has 3 amide bonds. The molecule has 12 heteroatoms. The second-order valence-electron chi connectivity index (χ2n) is 7.30. The highest BCUT2D eigenvalue weighted by molar-refractivity contribution is 8.13. The molecule has 1 aliphatic rings. The van der Waals surface area contributed by atoms with Crippen LogP contribution >= 0.6 is 11.8 Å². The zero-order valence-electron chi connectivity index (χ0n) is 18.7. The number of aromatic nitrogens is 1. The van der Waals surface area contributed by atoms with Crippen molar-refractivity contribution in [2.24, 2.45) is 0 Å². The van der Waals surface area contributed by atoms with Crippen LogP contribution < -0.4 is 16.0 Å². The second kappa shape index (κ2) is 12.6. The molecule has 0 aliphatic carbocycles. The Morgan fingerprint density at radius 1 is 1.29 bits per heavy atom. The Kier molecular flexibility index (Phi) is 9.92. The summed E-state index contributed by atoms with van der Waals surface area (Å²) in [6, 6.07) is 0.799. The molecule has 1 aliphatic heterocycles. The Morgan fingerprint density at radius 2 is 2.03 bits per heavy atom. The summed E-state index contributed by atoms with van der Waals surface area (Å²) in [4.78, 5) is 64.5. The van der Waals surface area contributed by atoms with E-state index in [1.165, 1.54) is 19.9 Å². The molecule has 1 aromatic heterocycles. The number of hydrogen-bond acceptors (Lipinski definition) is 8. The number of fused-ring (bicyclic) bond motifs is 2. The van der Waals surface area contributed by atoms with Crippen LogP contribution in [0.25, 0.3) is 0 Å². The molecule has 0 radical (unpaired) electrons. The minimum atomic E-state index is -1.12. The molecule has 0 spiro atoms. The molecule has 1 aromatic rings. The van der Waals surface area contributed by atoms with Gasteiger partial charge in [-0.25, -0.2) is 14.2 Å². The van der Waals surface area contributed by atoms with Gasteiger partial charge in [0.05, 0.1) is 24.4 Å². The number of esters is 1. The first-order valence-electron chi connectivity index (χ1n) is 10.3. The average Bonchev–Trinajstić information content (AvgIpc) is 2.75. The summed E-state index contributed by atoms with van der Waals surface area (Å²) in [6.07, 6.45) is 2.49. The standard InChI is InChI=1S/C22H25FN4O6S/c1-12-20(30)26-13(2)22(32)33-17(6-4-5-7-34-14(3)28)10-19(29)24-11-16-8-15(23)9-18(27-16)21(31)25-12/h4,6,8-9,13,17H,1,5,7,10-11H2,2-3H3,(H,24,29)(H,25,31)(H,26,30)/b6-4+/t13-,17+/m0/s1. The molecule has 0 unspecified atom stereocenters. The minimum Gasteiger partial charge on any atom is -0.456 e. The van der Waals surface area contributed by atoms with Gasteiger partial charge < -0.3 is 20.7 Å². The average molecular weight is 493 g/mol. The smallest absolute Gasteiger partial charge is 0.328 e. The van der Waals surface area contributed by atoms with Crippen molar-refractivity contribution in [3.05, 3.63) is 53.8 Å². The fourth-order valence-electron chi connectivity index (χ4n) is 2.72. The topological polar surface area (TPSA) is 144 Å². The van der Waals surface area contributed by atoms with Crippen LogP contribution in [-0.4, -0.2) is 51.7 Å². The first-order valence-corrected chi connectivity index (χ1v) is 11.3. The lowest BCUT2D eigenvalue weighted by Crippen LogP contribution is -2.44. The molecule has 0 aromatic carbocycles. The van der Waals surface area contributed by atoms with E-state index in [0.29, 0.717) is 12.2 Å². The lowest BCUT2D eigenvalue weighted by molar-refractivity contribution is -0.151. The van der Waals surface area contributed by atoms with Crippen LogP contribution in [0.3, 0.4) is 0 Å². The molecular weight excluding hydrogens is 467 g/mol. The van der Waals surface area contributed by atoms with Crippen LogP contribution in [0.1, 0.15) is 42.9 Å². The maximum absolute atomic E-state index is 14.0. The third-order valence-corrected chi connectivity index (χ3v) is 5.22. The van der Waals surface area contributed by atoms with E-state index in [4.69, 9.17) is 4.74 Å². The highest BCUT2D eigenvalue weighted by atomic mass is 32.2. The zero-order valence-corrected chi connectivity index (χ0v) is 19.5. The van der Waals surface area contributed by atoms with E-state index in [2.05, 4.69) is 27.5 Å². The van der Waals surface area contributed by atoms with Crippen LogP contribution in [0.5, 0.6) is 0 Å². The van der Waals surface area contributed by atoms with Crippen LogP contribution in [0.2, 0.25) is 0 Å². The summed E-state index contributed by atoms with van der Waals surface area (Å²) in [6.45, 7) is 6.09. The summed E-state index contributed by atoms with van der Waals surface area (Å²) in [7, 11) is 0. The van der Waals surface area contributed by atoms with E-state index >= 15 is 0 Å². The van der Waals surface area contributed by atoms with Crippen molar-refractivity contribution in [2.45, 2.75) is 45.4 Å². The first-order chi connectivity index (χ1) is 16.0. The van der Waals surface area contributed by atoms with E-state index in [0.717, 1.165) is 23.9 Å². The molecule has 2 atom stereocenters. The maximum atomic E-state index is 14.0. The number of carbonyl (C=O) groups is 5. The van der Waals surface area contributed by atoms with E-state index in [1.807, 2.05) is 0 Å². The molecule has 0 saturated heterocycles. The monoisotopic (exact) mass is 492 g/mol. The van der Waals surface area contributed by atoms with Gasteiger partial charge in [-0.05, 0) is 25.5 Å². The lowest BCUT2D eigenvalue weighted by Gasteiger charge is -2.19. The lowest BCUT2D eigenvalue weighted by atomic mass is 10.2. The Hall–Kier alpha value is -3.54. The number of amides is 3. The highest BCUT2D eigenvalue weighted by Gasteiger charge is 2.24. The number of allylic oxidation sites excluding steroid dienone is 1. The maximum Gasteiger partial charge on any atom is 0.328 e. The fourth-order valence-corrected chi connectivity index (χ4v) is 3.26. The van der Waals surface area contributed by atoms with Gasteiger partial charge >= 0.3 is 5.97 Å². The summed E-state index contributed by atoms with van der Waals surface area (Å²) in [5, 5.41) is 7.04. The van der Waals surface area contributed by atoms with Crippen molar-refractivity contribution in [1.82, 2.24) is 20.9 Å². The molecule has 0 saturated carbocycles. The Balaban J connectivity index is 2.24. The number of rotatable bonds is 4. The normalized spacial score (nSPS) is 20.4. The number of thioether (sulfide) groups is 1. The number of halogens is 1. The van der Waals surface area contributed by atoms with Crippen molar-refractivity contribution in [3.63, 3.8) is 0 Å². The highest BCUT2D eigenvalue weighted by Crippen LogP contribution is 2.10. The van der Waals surface area contributed by atoms with Crippen molar-refractivity contribution in [1.29, 1.82) is 0 Å². The zero-order chi connectivity index (χ0) is 25.3. The Bertz CT molecular complexity index is 1030. The van der Waals surface area contributed by atoms with Crippen LogP contribution in [-0.2, 0) is 30.5 Å². The molecule has 2 heterocycles. The summed E-state index contributed by atoms with van der Waals surface area (Å²) >= 11 is 1.14. The Labute approximate surface area is 199 Å². The van der Waals surface area contributed by atoms with Gasteiger partial charge in [-0.15, -0.1) is 0 Å². The third kappa shape index (κ3) is 8.77. The fraction of sp³-hybridized carbons (Fsp3) is 0.364. The molecule has 2 bridgehead atoms. The van der Waals surface area contributed by atoms with Crippen LogP contribution in [0.4, 0.5) is 4.39 Å². The molecule has 2 rings (SSSR count). The number of ether oxygens (including phenoxy) is 1. The largest absolute Gasteiger partial charge is 0.456 e. The van der Waals surface area contributed by atoms with E-state index in [1.54, 1.807) is 6.08 Å². The second-order valence-corrected chi connectivity index (χ2v) is 8.57. The SMILES string of the molecule is C=C1NC(=O)c2cc(F)cc(n2)CNC(=O)C[C@@H](/C=C/CCSC(C)=O)OC(=O)[C@H](C)NC1=O. The molecule has 34 heavy (non-hydrogen) atoms. The minimum absolute atomic E-state index is 0.0274.